The lowest BCUT2D eigenvalue weighted by molar-refractivity contribution is -0.152. The summed E-state index contributed by atoms with van der Waals surface area (Å²) in [7, 11) is 0. The predicted molar refractivity (Wildman–Crippen MR) is 113 cm³/mol. The molecular weight excluding hydrogens is 364 g/mol. The number of hydrogen-bond acceptors (Lipinski definition) is 4. The summed E-state index contributed by atoms with van der Waals surface area (Å²) in [5, 5.41) is 7.00. The number of nitrogens with one attached hydrogen (secondary N) is 2. The Balaban J connectivity index is 1.37. The average molecular weight is 397 g/mol. The SMILES string of the molecule is CCN1CCN(C(=O)[C@@H]2C[C@@H]3CC[C@]2(C)C[C@]32NC(=O)c3ccccc3N2)CC1. The fraction of sp³-hybridized carbons (Fsp3) is 0.652. The van der Waals surface area contributed by atoms with Crippen molar-refractivity contribution in [3.05, 3.63) is 29.8 Å². The molecule has 1 aromatic rings. The molecule has 0 radical (unpaired) electrons. The summed E-state index contributed by atoms with van der Waals surface area (Å²) in [6, 6.07) is 7.74. The molecule has 0 aromatic heterocycles. The lowest BCUT2D eigenvalue weighted by Crippen LogP contribution is -2.70. The van der Waals surface area contributed by atoms with Gasteiger partial charge in [0, 0.05) is 43.7 Å². The average Bonchev–Trinajstić information content (AvgIpc) is 2.73. The maximum Gasteiger partial charge on any atom is 0.255 e. The zero-order valence-electron chi connectivity index (χ0n) is 17.5. The minimum atomic E-state index is -0.421. The molecule has 3 aliphatic carbocycles. The second kappa shape index (κ2) is 6.73. The number of anilines is 1. The van der Waals surface area contributed by atoms with E-state index in [1.807, 2.05) is 24.3 Å². The molecule has 2 amide bonds. The monoisotopic (exact) mass is 396 g/mol. The first kappa shape index (κ1) is 18.9. The van der Waals surface area contributed by atoms with Gasteiger partial charge in [0.05, 0.1) is 5.56 Å². The van der Waals surface area contributed by atoms with Gasteiger partial charge in [0.15, 0.2) is 0 Å². The molecule has 4 fully saturated rings. The quantitative estimate of drug-likeness (QED) is 0.806. The van der Waals surface area contributed by atoms with Crippen molar-refractivity contribution in [2.24, 2.45) is 17.3 Å². The molecule has 29 heavy (non-hydrogen) atoms. The van der Waals surface area contributed by atoms with Crippen molar-refractivity contribution in [1.82, 2.24) is 15.1 Å². The maximum absolute atomic E-state index is 13.5. The minimum absolute atomic E-state index is 0.00839. The van der Waals surface area contributed by atoms with Crippen molar-refractivity contribution in [3.63, 3.8) is 0 Å². The summed E-state index contributed by atoms with van der Waals surface area (Å²) in [6.45, 7) is 9.15. The highest BCUT2D eigenvalue weighted by atomic mass is 16.2. The van der Waals surface area contributed by atoms with Gasteiger partial charge in [-0.25, -0.2) is 0 Å². The zero-order valence-corrected chi connectivity index (χ0v) is 17.5. The number of para-hydroxylation sites is 1. The second-order valence-corrected chi connectivity index (χ2v) is 9.71. The summed E-state index contributed by atoms with van der Waals surface area (Å²) in [6.07, 6.45) is 3.79. The van der Waals surface area contributed by atoms with Crippen LogP contribution in [0.15, 0.2) is 24.3 Å². The fourth-order valence-electron chi connectivity index (χ4n) is 6.33. The Kier molecular flexibility index (Phi) is 4.39. The van der Waals surface area contributed by atoms with Crippen LogP contribution in [-0.4, -0.2) is 60.0 Å². The van der Waals surface area contributed by atoms with Gasteiger partial charge < -0.3 is 20.4 Å². The van der Waals surface area contributed by atoms with E-state index < -0.39 is 5.66 Å². The predicted octanol–water partition coefficient (Wildman–Crippen LogP) is 2.53. The highest BCUT2D eigenvalue weighted by Crippen LogP contribution is 2.58. The fourth-order valence-corrected chi connectivity index (χ4v) is 6.33. The summed E-state index contributed by atoms with van der Waals surface area (Å²) < 4.78 is 0. The van der Waals surface area contributed by atoms with E-state index in [1.165, 1.54) is 0 Å². The number of hydrogen-bond donors (Lipinski definition) is 2. The number of carbonyl (C=O) groups excluding carboxylic acids is 2. The smallest absolute Gasteiger partial charge is 0.255 e. The van der Waals surface area contributed by atoms with E-state index in [2.05, 4.69) is 34.3 Å². The first-order valence-corrected chi connectivity index (χ1v) is 11.1. The van der Waals surface area contributed by atoms with Gasteiger partial charge in [-0.2, -0.15) is 0 Å². The number of likely N-dealkylation sites (N-methyl/N-ethyl adjacent to an activating group) is 1. The van der Waals surface area contributed by atoms with Crippen molar-refractivity contribution in [3.8, 4) is 0 Å². The number of carbonyl (C=O) groups is 2. The van der Waals surface area contributed by atoms with Gasteiger partial charge in [0.25, 0.3) is 5.91 Å². The molecule has 2 heterocycles. The summed E-state index contributed by atoms with van der Waals surface area (Å²) >= 11 is 0. The van der Waals surface area contributed by atoms with Crippen molar-refractivity contribution < 1.29 is 9.59 Å². The normalized spacial score (nSPS) is 36.5. The Hall–Kier alpha value is -2.08. The van der Waals surface area contributed by atoms with Crippen LogP contribution in [0.2, 0.25) is 0 Å². The molecular formula is C23H32N4O2. The Morgan fingerprint density at radius 1 is 1.17 bits per heavy atom. The molecule has 4 atom stereocenters. The van der Waals surface area contributed by atoms with E-state index in [0.717, 1.165) is 64.1 Å². The summed E-state index contributed by atoms with van der Waals surface area (Å²) in [5.41, 5.74) is 1.13. The van der Waals surface area contributed by atoms with Crippen LogP contribution >= 0.6 is 0 Å². The Morgan fingerprint density at radius 3 is 2.66 bits per heavy atom. The van der Waals surface area contributed by atoms with Crippen LogP contribution in [0, 0.1) is 17.3 Å². The third-order valence-corrected chi connectivity index (χ3v) is 8.10. The van der Waals surface area contributed by atoms with Crippen LogP contribution in [0.1, 0.15) is 49.9 Å². The Labute approximate surface area is 173 Å². The number of nitrogens with zero attached hydrogens (tertiary/aromatic N) is 2. The highest BCUT2D eigenvalue weighted by molar-refractivity contribution is 6.02. The molecule has 6 rings (SSSR count). The second-order valence-electron chi connectivity index (χ2n) is 9.71. The van der Waals surface area contributed by atoms with Gasteiger partial charge in [-0.05, 0) is 49.8 Å². The highest BCUT2D eigenvalue weighted by Gasteiger charge is 2.60. The van der Waals surface area contributed by atoms with E-state index in [0.29, 0.717) is 11.5 Å². The molecule has 156 valence electrons. The van der Waals surface area contributed by atoms with Crippen LogP contribution < -0.4 is 10.6 Å². The van der Waals surface area contributed by atoms with Crippen molar-refractivity contribution in [1.29, 1.82) is 0 Å². The largest absolute Gasteiger partial charge is 0.362 e. The van der Waals surface area contributed by atoms with Gasteiger partial charge in [0.2, 0.25) is 5.91 Å². The summed E-state index contributed by atoms with van der Waals surface area (Å²) in [5.74, 6) is 0.697. The molecule has 1 saturated heterocycles. The molecule has 1 spiro atoms. The lowest BCUT2D eigenvalue weighted by Gasteiger charge is -2.61. The number of amides is 2. The van der Waals surface area contributed by atoms with E-state index in [9.17, 15) is 9.59 Å². The minimum Gasteiger partial charge on any atom is -0.362 e. The maximum atomic E-state index is 13.5. The van der Waals surface area contributed by atoms with E-state index in [4.69, 9.17) is 0 Å². The van der Waals surface area contributed by atoms with E-state index >= 15 is 0 Å². The molecule has 2 N–H and O–H groups in total. The van der Waals surface area contributed by atoms with Gasteiger partial charge in [0.1, 0.15) is 5.66 Å². The standard InChI is InChI=1S/C23H32N4O2/c1-3-26-10-12-27(13-11-26)21(29)18-14-16-8-9-22(18,2)15-23(16)24-19-7-5-4-6-17(19)20(28)25-23/h4-7,16,18,24H,3,8-15H2,1-2H3,(H,25,28)/t16-,18-,22+,23-/m0/s1. The van der Waals surface area contributed by atoms with Crippen LogP contribution in [0.4, 0.5) is 5.69 Å². The molecule has 5 aliphatic rings. The first-order chi connectivity index (χ1) is 13.9. The van der Waals surface area contributed by atoms with Crippen molar-refractivity contribution in [2.45, 2.75) is 45.2 Å². The Morgan fingerprint density at radius 2 is 1.93 bits per heavy atom. The molecule has 2 aliphatic heterocycles. The number of fused-ring (bicyclic) bond motifs is 3. The van der Waals surface area contributed by atoms with E-state index in [1.54, 1.807) is 0 Å². The van der Waals surface area contributed by atoms with Crippen LogP contribution in [0.3, 0.4) is 0 Å². The number of benzene rings is 1. The van der Waals surface area contributed by atoms with Crippen LogP contribution in [0.25, 0.3) is 0 Å². The van der Waals surface area contributed by atoms with Crippen LogP contribution in [0.5, 0.6) is 0 Å². The molecule has 6 heteroatoms. The van der Waals surface area contributed by atoms with Crippen LogP contribution in [-0.2, 0) is 4.79 Å². The van der Waals surface area contributed by atoms with Gasteiger partial charge in [-0.1, -0.05) is 26.0 Å². The summed E-state index contributed by atoms with van der Waals surface area (Å²) in [4.78, 5) is 30.8. The third kappa shape index (κ3) is 2.95. The molecule has 1 aromatic carbocycles. The topological polar surface area (TPSA) is 64.7 Å². The lowest BCUT2D eigenvalue weighted by atomic mass is 9.51. The van der Waals surface area contributed by atoms with Gasteiger partial charge in [-0.3, -0.25) is 9.59 Å². The number of piperazine rings is 1. The van der Waals surface area contributed by atoms with Gasteiger partial charge in [-0.15, -0.1) is 0 Å². The van der Waals surface area contributed by atoms with E-state index in [-0.39, 0.29) is 23.2 Å². The zero-order chi connectivity index (χ0) is 20.2. The van der Waals surface area contributed by atoms with Gasteiger partial charge >= 0.3 is 0 Å². The Bertz CT molecular complexity index is 834. The molecule has 2 bridgehead atoms. The van der Waals surface area contributed by atoms with Crippen molar-refractivity contribution in [2.75, 3.05) is 38.0 Å². The van der Waals surface area contributed by atoms with Crippen molar-refractivity contribution >= 4 is 17.5 Å². The first-order valence-electron chi connectivity index (χ1n) is 11.1. The number of rotatable bonds is 2. The molecule has 6 nitrogen and oxygen atoms in total. The molecule has 3 saturated carbocycles. The molecule has 0 unspecified atom stereocenters. The third-order valence-electron chi connectivity index (χ3n) is 8.10.